The molecule has 0 atom stereocenters. The molecule has 3 aromatic rings. The molecule has 0 spiro atoms. The second-order valence-electron chi connectivity index (χ2n) is 5.32. The van der Waals surface area contributed by atoms with Gasteiger partial charge in [-0.2, -0.15) is 5.10 Å². The molecule has 0 bridgehead atoms. The minimum absolute atomic E-state index is 0.723. The molecule has 3 rings (SSSR count). The van der Waals surface area contributed by atoms with E-state index in [9.17, 15) is 0 Å². The monoisotopic (exact) mass is 278 g/mol. The first kappa shape index (κ1) is 13.4. The first-order valence-electron chi connectivity index (χ1n) is 6.93. The first-order valence-corrected chi connectivity index (χ1v) is 6.93. The van der Waals surface area contributed by atoms with E-state index in [2.05, 4.69) is 42.1 Å². The summed E-state index contributed by atoms with van der Waals surface area (Å²) in [5.74, 6) is 0.723. The molecule has 0 saturated heterocycles. The van der Waals surface area contributed by atoms with Crippen molar-refractivity contribution in [2.45, 2.75) is 20.4 Å². The Morgan fingerprint density at radius 1 is 1.05 bits per heavy atom. The van der Waals surface area contributed by atoms with Crippen LogP contribution in [0.15, 0.2) is 48.8 Å². The third-order valence-electron chi connectivity index (χ3n) is 3.54. The summed E-state index contributed by atoms with van der Waals surface area (Å²) in [4.78, 5) is 4.38. The second-order valence-corrected chi connectivity index (χ2v) is 5.32. The Bertz CT molecular complexity index is 757. The van der Waals surface area contributed by atoms with Crippen LogP contribution in [0.25, 0.3) is 11.4 Å². The summed E-state index contributed by atoms with van der Waals surface area (Å²) in [6.45, 7) is 4.95. The van der Waals surface area contributed by atoms with Gasteiger partial charge in [0.25, 0.3) is 0 Å². The number of rotatable bonds is 3. The number of nitrogen functional groups attached to an aromatic ring is 1. The van der Waals surface area contributed by atoms with Crippen molar-refractivity contribution < 1.29 is 0 Å². The highest BCUT2D eigenvalue weighted by atomic mass is 15.3. The molecule has 1 heterocycles. The molecule has 1 aromatic heterocycles. The molecule has 4 heteroatoms. The number of hydrogen-bond donors (Lipinski definition) is 1. The first-order chi connectivity index (χ1) is 10.1. The smallest absolute Gasteiger partial charge is 0.181 e. The van der Waals surface area contributed by atoms with Gasteiger partial charge in [-0.25, -0.2) is 9.67 Å². The molecular weight excluding hydrogens is 260 g/mol. The summed E-state index contributed by atoms with van der Waals surface area (Å²) in [6.07, 6.45) is 1.77. The zero-order valence-electron chi connectivity index (χ0n) is 12.2. The summed E-state index contributed by atoms with van der Waals surface area (Å²) in [6, 6.07) is 14.1. The fourth-order valence-corrected chi connectivity index (χ4v) is 2.28. The van der Waals surface area contributed by atoms with Crippen molar-refractivity contribution in [3.63, 3.8) is 0 Å². The van der Waals surface area contributed by atoms with E-state index >= 15 is 0 Å². The van der Waals surface area contributed by atoms with Gasteiger partial charge >= 0.3 is 0 Å². The van der Waals surface area contributed by atoms with Gasteiger partial charge < -0.3 is 5.73 Å². The van der Waals surface area contributed by atoms with Crippen molar-refractivity contribution in [3.05, 3.63) is 65.5 Å². The van der Waals surface area contributed by atoms with E-state index in [4.69, 9.17) is 5.73 Å². The van der Waals surface area contributed by atoms with Crippen molar-refractivity contribution in [1.29, 1.82) is 0 Å². The minimum Gasteiger partial charge on any atom is -0.399 e. The van der Waals surface area contributed by atoms with Crippen LogP contribution in [-0.2, 0) is 6.54 Å². The van der Waals surface area contributed by atoms with Gasteiger partial charge in [-0.3, -0.25) is 0 Å². The van der Waals surface area contributed by atoms with E-state index in [1.807, 2.05) is 28.9 Å². The standard InChI is InChI=1S/C17H18N4/c1-12-3-4-13(2)15(9-12)10-21-11-19-17(20-21)14-5-7-16(18)8-6-14/h3-9,11H,10,18H2,1-2H3. The van der Waals surface area contributed by atoms with Crippen molar-refractivity contribution in [2.75, 3.05) is 5.73 Å². The van der Waals surface area contributed by atoms with E-state index in [1.54, 1.807) is 6.33 Å². The molecule has 0 aliphatic heterocycles. The molecular formula is C17H18N4. The maximum absolute atomic E-state index is 5.70. The van der Waals surface area contributed by atoms with Gasteiger partial charge in [0.1, 0.15) is 6.33 Å². The van der Waals surface area contributed by atoms with Crippen LogP contribution in [0.4, 0.5) is 5.69 Å². The van der Waals surface area contributed by atoms with E-state index in [0.29, 0.717) is 0 Å². The quantitative estimate of drug-likeness (QED) is 0.748. The third-order valence-corrected chi connectivity index (χ3v) is 3.54. The number of nitrogens with two attached hydrogens (primary N) is 1. The van der Waals surface area contributed by atoms with Crippen LogP contribution in [0.5, 0.6) is 0 Å². The molecule has 0 saturated carbocycles. The predicted octanol–water partition coefficient (Wildman–Crippen LogP) is 3.19. The number of aryl methyl sites for hydroxylation is 2. The number of nitrogens with zero attached hydrogens (tertiary/aromatic N) is 3. The molecule has 0 amide bonds. The number of anilines is 1. The zero-order chi connectivity index (χ0) is 14.8. The number of benzene rings is 2. The molecule has 2 aromatic carbocycles. The van der Waals surface area contributed by atoms with Crippen LogP contribution in [0, 0.1) is 13.8 Å². The summed E-state index contributed by atoms with van der Waals surface area (Å²) in [7, 11) is 0. The van der Waals surface area contributed by atoms with Gasteiger partial charge in [-0.15, -0.1) is 0 Å². The lowest BCUT2D eigenvalue weighted by molar-refractivity contribution is 0.683. The Morgan fingerprint density at radius 2 is 1.81 bits per heavy atom. The molecule has 21 heavy (non-hydrogen) atoms. The molecule has 0 fully saturated rings. The highest BCUT2D eigenvalue weighted by Gasteiger charge is 2.06. The third kappa shape index (κ3) is 2.94. The van der Waals surface area contributed by atoms with Crippen LogP contribution in [0.3, 0.4) is 0 Å². The fraction of sp³-hybridized carbons (Fsp3) is 0.176. The second kappa shape index (κ2) is 5.40. The highest BCUT2D eigenvalue weighted by molar-refractivity contribution is 5.58. The SMILES string of the molecule is Cc1ccc(C)c(Cn2cnc(-c3ccc(N)cc3)n2)c1. The van der Waals surface area contributed by atoms with Gasteiger partial charge in [0.15, 0.2) is 5.82 Å². The van der Waals surface area contributed by atoms with Crippen LogP contribution >= 0.6 is 0 Å². The van der Waals surface area contributed by atoms with Gasteiger partial charge in [-0.1, -0.05) is 23.8 Å². The Balaban J connectivity index is 1.85. The summed E-state index contributed by atoms with van der Waals surface area (Å²) < 4.78 is 1.87. The van der Waals surface area contributed by atoms with Crippen molar-refractivity contribution in [2.24, 2.45) is 0 Å². The molecule has 0 radical (unpaired) electrons. The largest absolute Gasteiger partial charge is 0.399 e. The molecule has 106 valence electrons. The lowest BCUT2D eigenvalue weighted by Crippen LogP contribution is -2.02. The van der Waals surface area contributed by atoms with E-state index in [-0.39, 0.29) is 0 Å². The van der Waals surface area contributed by atoms with Crippen molar-refractivity contribution in [3.8, 4) is 11.4 Å². The Morgan fingerprint density at radius 3 is 2.57 bits per heavy atom. The molecule has 2 N–H and O–H groups in total. The Labute approximate surface area is 124 Å². The van der Waals surface area contributed by atoms with Crippen molar-refractivity contribution in [1.82, 2.24) is 14.8 Å². The maximum Gasteiger partial charge on any atom is 0.181 e. The lowest BCUT2D eigenvalue weighted by Gasteiger charge is -2.06. The Kier molecular flexibility index (Phi) is 3.44. The zero-order valence-corrected chi connectivity index (χ0v) is 12.2. The predicted molar refractivity (Wildman–Crippen MR) is 84.9 cm³/mol. The molecule has 4 nitrogen and oxygen atoms in total. The van der Waals surface area contributed by atoms with Gasteiger partial charge in [0.2, 0.25) is 0 Å². The summed E-state index contributed by atoms with van der Waals surface area (Å²) >= 11 is 0. The normalized spacial score (nSPS) is 10.8. The summed E-state index contributed by atoms with van der Waals surface area (Å²) in [5.41, 5.74) is 11.2. The van der Waals surface area contributed by atoms with E-state index < -0.39 is 0 Å². The minimum atomic E-state index is 0.723. The highest BCUT2D eigenvalue weighted by Crippen LogP contribution is 2.17. The van der Waals surface area contributed by atoms with E-state index in [0.717, 1.165) is 23.6 Å². The van der Waals surface area contributed by atoms with Crippen LogP contribution in [0.1, 0.15) is 16.7 Å². The lowest BCUT2D eigenvalue weighted by atomic mass is 10.1. The van der Waals surface area contributed by atoms with Crippen LogP contribution < -0.4 is 5.73 Å². The van der Waals surface area contributed by atoms with Gasteiger partial charge in [0.05, 0.1) is 6.54 Å². The Hall–Kier alpha value is -2.62. The van der Waals surface area contributed by atoms with E-state index in [1.165, 1.54) is 16.7 Å². The molecule has 0 aliphatic rings. The van der Waals surface area contributed by atoms with Gasteiger partial charge in [0, 0.05) is 11.3 Å². The topological polar surface area (TPSA) is 56.7 Å². The van der Waals surface area contributed by atoms with Gasteiger partial charge in [-0.05, 0) is 49.2 Å². The fourth-order valence-electron chi connectivity index (χ4n) is 2.28. The molecule has 0 aliphatic carbocycles. The average molecular weight is 278 g/mol. The maximum atomic E-state index is 5.70. The average Bonchev–Trinajstić information content (AvgIpc) is 2.92. The van der Waals surface area contributed by atoms with Crippen molar-refractivity contribution >= 4 is 5.69 Å². The summed E-state index contributed by atoms with van der Waals surface area (Å²) in [5, 5.41) is 4.54. The van der Waals surface area contributed by atoms with Crippen LogP contribution in [0.2, 0.25) is 0 Å². The van der Waals surface area contributed by atoms with Crippen LogP contribution in [-0.4, -0.2) is 14.8 Å². The molecule has 0 unspecified atom stereocenters. The number of aromatic nitrogens is 3. The number of hydrogen-bond acceptors (Lipinski definition) is 3.